The molecule has 2 rings (SSSR count). The Balaban J connectivity index is 2.32. The van der Waals surface area contributed by atoms with Crippen LogP contribution in [-0.2, 0) is 16.4 Å². The molecule has 0 atom stereocenters. The highest BCUT2D eigenvalue weighted by atomic mass is 79.9. The Morgan fingerprint density at radius 2 is 1.77 bits per heavy atom. The molecule has 0 aliphatic heterocycles. The lowest BCUT2D eigenvalue weighted by Gasteiger charge is -2.11. The number of hydrogen-bond donors (Lipinski definition) is 1. The van der Waals surface area contributed by atoms with Gasteiger partial charge in [-0.3, -0.25) is 4.72 Å². The quantitative estimate of drug-likeness (QED) is 0.818. The Kier molecular flexibility index (Phi) is 5.18. The van der Waals surface area contributed by atoms with Gasteiger partial charge in [0.1, 0.15) is 5.82 Å². The van der Waals surface area contributed by atoms with Gasteiger partial charge in [-0.25, -0.2) is 17.2 Å². The van der Waals surface area contributed by atoms with Crippen molar-refractivity contribution in [2.24, 2.45) is 0 Å². The SMILES string of the molecule is CCCc1ccc(S(=O)(=O)Nc2c(F)cc(F)cc2Br)cc1. The van der Waals surface area contributed by atoms with E-state index in [0.717, 1.165) is 24.5 Å². The fraction of sp³-hybridized carbons (Fsp3) is 0.200. The van der Waals surface area contributed by atoms with Crippen molar-refractivity contribution in [2.75, 3.05) is 4.72 Å². The van der Waals surface area contributed by atoms with Crippen LogP contribution in [-0.4, -0.2) is 8.42 Å². The van der Waals surface area contributed by atoms with Gasteiger partial charge < -0.3 is 0 Å². The number of anilines is 1. The first-order valence-electron chi connectivity index (χ1n) is 6.60. The molecule has 0 bridgehead atoms. The third kappa shape index (κ3) is 3.84. The van der Waals surface area contributed by atoms with Crippen LogP contribution in [0.15, 0.2) is 45.8 Å². The van der Waals surface area contributed by atoms with Gasteiger partial charge in [-0.2, -0.15) is 0 Å². The highest BCUT2D eigenvalue weighted by molar-refractivity contribution is 9.10. The van der Waals surface area contributed by atoms with Crippen LogP contribution in [0.2, 0.25) is 0 Å². The van der Waals surface area contributed by atoms with Crippen molar-refractivity contribution in [1.82, 2.24) is 0 Å². The lowest BCUT2D eigenvalue weighted by Crippen LogP contribution is -2.14. The molecule has 0 unspecified atom stereocenters. The van der Waals surface area contributed by atoms with Crippen molar-refractivity contribution in [3.05, 3.63) is 58.1 Å². The smallest absolute Gasteiger partial charge is 0.262 e. The molecule has 0 amide bonds. The minimum absolute atomic E-state index is 0.00354. The zero-order chi connectivity index (χ0) is 16.3. The summed E-state index contributed by atoms with van der Waals surface area (Å²) in [5.74, 6) is -1.78. The number of benzene rings is 2. The summed E-state index contributed by atoms with van der Waals surface area (Å²) in [4.78, 5) is 0.0166. The van der Waals surface area contributed by atoms with Crippen molar-refractivity contribution in [3.8, 4) is 0 Å². The predicted molar refractivity (Wildman–Crippen MR) is 85.3 cm³/mol. The topological polar surface area (TPSA) is 46.2 Å². The first-order valence-corrected chi connectivity index (χ1v) is 8.87. The summed E-state index contributed by atoms with van der Waals surface area (Å²) in [5, 5.41) is 0. The van der Waals surface area contributed by atoms with Crippen LogP contribution in [0.5, 0.6) is 0 Å². The molecule has 0 aliphatic rings. The van der Waals surface area contributed by atoms with E-state index < -0.39 is 21.7 Å². The molecule has 118 valence electrons. The van der Waals surface area contributed by atoms with Gasteiger partial charge >= 0.3 is 0 Å². The van der Waals surface area contributed by atoms with Crippen LogP contribution in [0.3, 0.4) is 0 Å². The monoisotopic (exact) mass is 389 g/mol. The molecule has 0 spiro atoms. The van der Waals surface area contributed by atoms with Gasteiger partial charge in [-0.05, 0) is 46.1 Å². The number of halogens is 3. The summed E-state index contributed by atoms with van der Waals surface area (Å²) in [6.07, 6.45) is 1.81. The van der Waals surface area contributed by atoms with E-state index in [4.69, 9.17) is 0 Å². The predicted octanol–water partition coefficient (Wildman–Crippen LogP) is 4.48. The van der Waals surface area contributed by atoms with Gasteiger partial charge in [0.15, 0.2) is 5.82 Å². The van der Waals surface area contributed by atoms with Crippen LogP contribution >= 0.6 is 15.9 Å². The molecule has 0 heterocycles. The van der Waals surface area contributed by atoms with Crippen LogP contribution in [0, 0.1) is 11.6 Å². The van der Waals surface area contributed by atoms with Gasteiger partial charge in [0.2, 0.25) is 0 Å². The molecule has 22 heavy (non-hydrogen) atoms. The first-order chi connectivity index (χ1) is 10.3. The summed E-state index contributed by atoms with van der Waals surface area (Å²) in [6.45, 7) is 2.03. The van der Waals surface area contributed by atoms with E-state index in [0.29, 0.717) is 6.07 Å². The van der Waals surface area contributed by atoms with E-state index in [-0.39, 0.29) is 15.1 Å². The zero-order valence-electron chi connectivity index (χ0n) is 11.7. The standard InChI is InChI=1S/C15H14BrF2NO2S/c1-2-3-10-4-6-12(7-5-10)22(20,21)19-15-13(16)8-11(17)9-14(15)18/h4-9,19H,2-3H2,1H3. The third-order valence-electron chi connectivity index (χ3n) is 3.02. The van der Waals surface area contributed by atoms with Gasteiger partial charge in [-0.1, -0.05) is 25.5 Å². The van der Waals surface area contributed by atoms with Crippen molar-refractivity contribution in [3.63, 3.8) is 0 Å². The normalized spacial score (nSPS) is 11.5. The molecule has 2 aromatic rings. The van der Waals surface area contributed by atoms with Crippen molar-refractivity contribution >= 4 is 31.6 Å². The molecule has 0 radical (unpaired) electrons. The molecule has 0 saturated heterocycles. The molecule has 3 nitrogen and oxygen atoms in total. The minimum Gasteiger partial charge on any atom is -0.275 e. The lowest BCUT2D eigenvalue weighted by atomic mass is 10.1. The largest absolute Gasteiger partial charge is 0.275 e. The van der Waals surface area contributed by atoms with Gasteiger partial charge in [0, 0.05) is 10.5 Å². The number of rotatable bonds is 5. The van der Waals surface area contributed by atoms with Crippen LogP contribution in [0.4, 0.5) is 14.5 Å². The second-order valence-corrected chi connectivity index (χ2v) is 7.28. The minimum atomic E-state index is -3.95. The van der Waals surface area contributed by atoms with Gasteiger partial charge in [0.05, 0.1) is 10.6 Å². The van der Waals surface area contributed by atoms with Crippen molar-refractivity contribution in [1.29, 1.82) is 0 Å². The van der Waals surface area contributed by atoms with Crippen molar-refractivity contribution in [2.45, 2.75) is 24.7 Å². The van der Waals surface area contributed by atoms with Crippen LogP contribution in [0.25, 0.3) is 0 Å². The summed E-state index contributed by atoms with van der Waals surface area (Å²) >= 11 is 2.95. The molecule has 0 fully saturated rings. The Morgan fingerprint density at radius 3 is 2.32 bits per heavy atom. The van der Waals surface area contributed by atoms with E-state index in [1.165, 1.54) is 12.1 Å². The molecular formula is C15H14BrF2NO2S. The average Bonchev–Trinajstić information content (AvgIpc) is 2.44. The molecule has 7 heteroatoms. The Labute approximate surface area is 136 Å². The molecule has 0 aromatic heterocycles. The lowest BCUT2D eigenvalue weighted by molar-refractivity contribution is 0.581. The van der Waals surface area contributed by atoms with E-state index in [9.17, 15) is 17.2 Å². The second-order valence-electron chi connectivity index (χ2n) is 4.74. The van der Waals surface area contributed by atoms with Gasteiger partial charge in [-0.15, -0.1) is 0 Å². The van der Waals surface area contributed by atoms with Gasteiger partial charge in [0.25, 0.3) is 10.0 Å². The summed E-state index contributed by atoms with van der Waals surface area (Å²) in [7, 11) is -3.95. The molecule has 1 N–H and O–H groups in total. The first kappa shape index (κ1) is 16.9. The van der Waals surface area contributed by atoms with Crippen LogP contribution < -0.4 is 4.72 Å². The summed E-state index contributed by atoms with van der Waals surface area (Å²) in [6, 6.07) is 7.96. The Morgan fingerprint density at radius 1 is 1.14 bits per heavy atom. The zero-order valence-corrected chi connectivity index (χ0v) is 14.1. The summed E-state index contributed by atoms with van der Waals surface area (Å²) < 4.78 is 53.4. The Bertz CT molecular complexity index is 754. The van der Waals surface area contributed by atoms with E-state index in [2.05, 4.69) is 20.7 Å². The number of nitrogens with one attached hydrogen (secondary N) is 1. The number of aryl methyl sites for hydroxylation is 1. The molecule has 0 aliphatic carbocycles. The van der Waals surface area contributed by atoms with Crippen LogP contribution in [0.1, 0.15) is 18.9 Å². The van der Waals surface area contributed by atoms with E-state index in [1.807, 2.05) is 6.92 Å². The number of hydrogen-bond acceptors (Lipinski definition) is 2. The average molecular weight is 390 g/mol. The second kappa shape index (κ2) is 6.75. The maximum Gasteiger partial charge on any atom is 0.262 e. The summed E-state index contributed by atoms with van der Waals surface area (Å²) in [5.41, 5.74) is 0.703. The highest BCUT2D eigenvalue weighted by Crippen LogP contribution is 2.29. The van der Waals surface area contributed by atoms with E-state index >= 15 is 0 Å². The molecular weight excluding hydrogens is 376 g/mol. The fourth-order valence-electron chi connectivity index (χ4n) is 1.96. The maximum absolute atomic E-state index is 13.7. The molecule has 0 saturated carbocycles. The van der Waals surface area contributed by atoms with E-state index in [1.54, 1.807) is 12.1 Å². The maximum atomic E-state index is 13.7. The molecule has 2 aromatic carbocycles. The van der Waals surface area contributed by atoms with Crippen molar-refractivity contribution < 1.29 is 17.2 Å². The number of sulfonamides is 1. The highest BCUT2D eigenvalue weighted by Gasteiger charge is 2.19. The third-order valence-corrected chi connectivity index (χ3v) is 5.01. The fourth-order valence-corrected chi connectivity index (χ4v) is 3.68. The Hall–Kier alpha value is -1.47.